The maximum absolute atomic E-state index is 12.2. The summed E-state index contributed by atoms with van der Waals surface area (Å²) < 4.78 is 11.4. The fraction of sp³-hybridized carbons (Fsp3) is 0.667. The number of hydrogen-bond acceptors (Lipinski definition) is 4. The van der Waals surface area contributed by atoms with Gasteiger partial charge in [-0.1, -0.05) is 44.7 Å². The Morgan fingerprint density at radius 2 is 1.92 bits per heavy atom. The minimum atomic E-state index is -0.420. The predicted molar refractivity (Wildman–Crippen MR) is 106 cm³/mol. The molecule has 1 amide bonds. The van der Waals surface area contributed by atoms with Crippen molar-refractivity contribution in [1.82, 2.24) is 4.90 Å². The zero-order chi connectivity index (χ0) is 18.6. The van der Waals surface area contributed by atoms with Gasteiger partial charge in [-0.3, -0.25) is 10.2 Å². The van der Waals surface area contributed by atoms with E-state index in [4.69, 9.17) is 9.47 Å². The summed E-state index contributed by atoms with van der Waals surface area (Å²) in [6.45, 7) is 7.80. The molecule has 0 bridgehead atoms. The maximum atomic E-state index is 12.2. The number of nitrogens with zero attached hydrogens (tertiary/aromatic N) is 1. The molecule has 146 valence electrons. The number of benzene rings is 1. The molecule has 1 aliphatic rings. The highest BCUT2D eigenvalue weighted by Crippen LogP contribution is 2.24. The van der Waals surface area contributed by atoms with Crippen LogP contribution < -0.4 is 10.1 Å². The number of carbonyl (C=O) groups is 1. The lowest BCUT2D eigenvalue weighted by atomic mass is 10.1. The lowest BCUT2D eigenvalue weighted by molar-refractivity contribution is 0.0832. The summed E-state index contributed by atoms with van der Waals surface area (Å²) in [5.74, 6) is 0.699. The average molecular weight is 363 g/mol. The van der Waals surface area contributed by atoms with Crippen molar-refractivity contribution >= 4 is 11.8 Å². The Labute approximate surface area is 158 Å². The fourth-order valence-electron chi connectivity index (χ4n) is 3.27. The number of nitrogens with one attached hydrogen (secondary N) is 1. The summed E-state index contributed by atoms with van der Waals surface area (Å²) >= 11 is 0. The number of piperidine rings is 1. The lowest BCUT2D eigenvalue weighted by Crippen LogP contribution is -2.37. The SMILES string of the molecule is CCCCCCOc1ccccc1NC(=O)O[C@@H](C)CN1CCCCC1. The van der Waals surface area contributed by atoms with Gasteiger partial charge in [-0.05, 0) is 51.4 Å². The number of hydrogen-bond donors (Lipinski definition) is 1. The number of amides is 1. The van der Waals surface area contributed by atoms with Gasteiger partial charge >= 0.3 is 6.09 Å². The molecule has 1 aromatic rings. The van der Waals surface area contributed by atoms with E-state index in [9.17, 15) is 4.79 Å². The van der Waals surface area contributed by atoms with Gasteiger partial charge < -0.3 is 9.47 Å². The van der Waals surface area contributed by atoms with Crippen LogP contribution in [0.5, 0.6) is 5.75 Å². The van der Waals surface area contributed by atoms with E-state index in [-0.39, 0.29) is 6.10 Å². The second-order valence-electron chi connectivity index (χ2n) is 7.11. The van der Waals surface area contributed by atoms with E-state index in [1.54, 1.807) is 0 Å². The molecule has 5 nitrogen and oxygen atoms in total. The number of carbonyl (C=O) groups excluding carboxylic acids is 1. The summed E-state index contributed by atoms with van der Waals surface area (Å²) in [4.78, 5) is 14.6. The molecular formula is C21H34N2O3. The number of ether oxygens (including phenoxy) is 2. The highest BCUT2D eigenvalue weighted by atomic mass is 16.6. The molecule has 2 rings (SSSR count). The molecule has 1 fully saturated rings. The summed E-state index contributed by atoms with van der Waals surface area (Å²) in [6.07, 6.45) is 7.86. The van der Waals surface area contributed by atoms with Crippen molar-refractivity contribution in [2.75, 3.05) is 31.6 Å². The van der Waals surface area contributed by atoms with Crippen LogP contribution in [0.15, 0.2) is 24.3 Å². The quantitative estimate of drug-likeness (QED) is 0.591. The second kappa shape index (κ2) is 11.8. The first-order chi connectivity index (χ1) is 12.7. The molecule has 1 saturated heterocycles. The van der Waals surface area contributed by atoms with Gasteiger partial charge in [0, 0.05) is 6.54 Å². The Kier molecular flexibility index (Phi) is 9.32. The van der Waals surface area contributed by atoms with Crippen molar-refractivity contribution in [3.05, 3.63) is 24.3 Å². The maximum Gasteiger partial charge on any atom is 0.412 e. The van der Waals surface area contributed by atoms with Crippen LogP contribution >= 0.6 is 0 Å². The molecule has 0 aliphatic carbocycles. The van der Waals surface area contributed by atoms with Gasteiger partial charge in [0.05, 0.1) is 12.3 Å². The van der Waals surface area contributed by atoms with Gasteiger partial charge in [-0.25, -0.2) is 4.79 Å². The molecule has 1 atom stereocenters. The van der Waals surface area contributed by atoms with E-state index in [0.29, 0.717) is 18.0 Å². The Balaban J connectivity index is 1.76. The molecule has 0 spiro atoms. The Bertz CT molecular complexity index is 530. The average Bonchev–Trinajstić information content (AvgIpc) is 2.63. The van der Waals surface area contributed by atoms with Crippen LogP contribution in [0.1, 0.15) is 58.8 Å². The van der Waals surface area contributed by atoms with Crippen molar-refractivity contribution in [1.29, 1.82) is 0 Å². The minimum absolute atomic E-state index is 0.129. The summed E-state index contributed by atoms with van der Waals surface area (Å²) in [5.41, 5.74) is 0.665. The fourth-order valence-corrected chi connectivity index (χ4v) is 3.27. The molecule has 1 heterocycles. The third-order valence-electron chi connectivity index (χ3n) is 4.65. The number of para-hydroxylation sites is 2. The van der Waals surface area contributed by atoms with Gasteiger partial charge in [-0.15, -0.1) is 0 Å². The zero-order valence-corrected chi connectivity index (χ0v) is 16.3. The zero-order valence-electron chi connectivity index (χ0n) is 16.3. The first kappa shape index (κ1) is 20.6. The van der Waals surface area contributed by atoms with E-state index >= 15 is 0 Å². The third-order valence-corrected chi connectivity index (χ3v) is 4.65. The first-order valence-electron chi connectivity index (χ1n) is 10.1. The second-order valence-corrected chi connectivity index (χ2v) is 7.11. The van der Waals surface area contributed by atoms with E-state index in [2.05, 4.69) is 17.1 Å². The van der Waals surface area contributed by atoms with E-state index in [0.717, 1.165) is 26.1 Å². The molecule has 1 aromatic carbocycles. The van der Waals surface area contributed by atoms with Gasteiger partial charge in [0.25, 0.3) is 0 Å². The van der Waals surface area contributed by atoms with Crippen molar-refractivity contribution in [3.8, 4) is 5.75 Å². The van der Waals surface area contributed by atoms with Gasteiger partial charge in [0.15, 0.2) is 0 Å². The van der Waals surface area contributed by atoms with Crippen LogP contribution in [0.2, 0.25) is 0 Å². The molecule has 1 aliphatic heterocycles. The highest BCUT2D eigenvalue weighted by molar-refractivity contribution is 5.86. The summed E-state index contributed by atoms with van der Waals surface area (Å²) in [7, 11) is 0. The Morgan fingerprint density at radius 3 is 2.69 bits per heavy atom. The van der Waals surface area contributed by atoms with Crippen LogP contribution in [0, 0.1) is 0 Å². The monoisotopic (exact) mass is 362 g/mol. The standard InChI is InChI=1S/C21H34N2O3/c1-3-4-5-11-16-25-20-13-8-7-12-19(20)22-21(24)26-18(2)17-23-14-9-6-10-15-23/h7-8,12-13,18H,3-6,9-11,14-17H2,1-2H3,(H,22,24)/t18-/m0/s1. The molecule has 26 heavy (non-hydrogen) atoms. The minimum Gasteiger partial charge on any atom is -0.491 e. The molecule has 0 radical (unpaired) electrons. The molecular weight excluding hydrogens is 328 g/mol. The number of likely N-dealkylation sites (tertiary alicyclic amines) is 1. The summed E-state index contributed by atoms with van der Waals surface area (Å²) in [5, 5.41) is 2.83. The molecule has 0 aromatic heterocycles. The van der Waals surface area contributed by atoms with Gasteiger partial charge in [0.1, 0.15) is 11.9 Å². The molecule has 5 heteroatoms. The van der Waals surface area contributed by atoms with Crippen molar-refractivity contribution in [2.45, 2.75) is 64.9 Å². The largest absolute Gasteiger partial charge is 0.491 e. The van der Waals surface area contributed by atoms with Gasteiger partial charge in [0.2, 0.25) is 0 Å². The number of unbranched alkanes of at least 4 members (excludes halogenated alkanes) is 3. The van der Waals surface area contributed by atoms with Crippen molar-refractivity contribution in [2.24, 2.45) is 0 Å². The van der Waals surface area contributed by atoms with Crippen molar-refractivity contribution in [3.63, 3.8) is 0 Å². The number of rotatable bonds is 10. The third kappa shape index (κ3) is 7.65. The van der Waals surface area contributed by atoms with Gasteiger partial charge in [-0.2, -0.15) is 0 Å². The smallest absolute Gasteiger partial charge is 0.412 e. The first-order valence-corrected chi connectivity index (χ1v) is 10.1. The normalized spacial score (nSPS) is 16.1. The number of anilines is 1. The lowest BCUT2D eigenvalue weighted by Gasteiger charge is -2.28. The highest BCUT2D eigenvalue weighted by Gasteiger charge is 2.17. The predicted octanol–water partition coefficient (Wildman–Crippen LogP) is 5.07. The van der Waals surface area contributed by atoms with E-state index in [1.807, 2.05) is 31.2 Å². The van der Waals surface area contributed by atoms with Crippen molar-refractivity contribution < 1.29 is 14.3 Å². The Hall–Kier alpha value is -1.75. The molecule has 1 N–H and O–H groups in total. The van der Waals surface area contributed by atoms with Crippen LogP contribution in [-0.4, -0.2) is 43.3 Å². The topological polar surface area (TPSA) is 50.8 Å². The van der Waals surface area contributed by atoms with E-state index in [1.165, 1.54) is 38.5 Å². The van der Waals surface area contributed by atoms with Crippen LogP contribution in [0.25, 0.3) is 0 Å². The van der Waals surface area contributed by atoms with Crippen LogP contribution in [0.4, 0.5) is 10.5 Å². The summed E-state index contributed by atoms with van der Waals surface area (Å²) in [6, 6.07) is 7.53. The van der Waals surface area contributed by atoms with E-state index < -0.39 is 6.09 Å². The van der Waals surface area contributed by atoms with Crippen LogP contribution in [0.3, 0.4) is 0 Å². The molecule has 0 saturated carbocycles. The Morgan fingerprint density at radius 1 is 1.15 bits per heavy atom. The molecule has 0 unspecified atom stereocenters. The van der Waals surface area contributed by atoms with Crippen LogP contribution in [-0.2, 0) is 4.74 Å².